The smallest absolute Gasteiger partial charge is 0.294 e. The van der Waals surface area contributed by atoms with Crippen LogP contribution in [0.4, 0.5) is 22.7 Å². The zero-order chi connectivity index (χ0) is 36.5. The van der Waals surface area contributed by atoms with E-state index in [2.05, 4.69) is 98.2 Å². The zero-order valence-corrected chi connectivity index (χ0v) is 31.4. The number of aryl methyl sites for hydroxylation is 2. The molecular weight excluding hydrogens is 657 g/mol. The van der Waals surface area contributed by atoms with E-state index in [1.165, 1.54) is 6.07 Å². The Hall–Kier alpha value is -4.79. The van der Waals surface area contributed by atoms with Crippen LogP contribution in [-0.2, 0) is 10.1 Å². The summed E-state index contributed by atoms with van der Waals surface area (Å²) in [4.78, 5) is 4.56. The van der Waals surface area contributed by atoms with Crippen molar-refractivity contribution in [2.24, 2.45) is 0 Å². The normalized spacial score (nSPS) is 11.5. The van der Waals surface area contributed by atoms with Crippen molar-refractivity contribution in [1.82, 2.24) is 0 Å². The van der Waals surface area contributed by atoms with Crippen molar-refractivity contribution in [3.63, 3.8) is 0 Å². The second-order valence-electron chi connectivity index (χ2n) is 12.9. The van der Waals surface area contributed by atoms with Crippen LogP contribution in [0.15, 0.2) is 114 Å². The third-order valence-electron chi connectivity index (χ3n) is 9.44. The van der Waals surface area contributed by atoms with Gasteiger partial charge in [0.2, 0.25) is 0 Å². The van der Waals surface area contributed by atoms with Crippen molar-refractivity contribution >= 4 is 32.9 Å². The largest absolute Gasteiger partial charge is 0.497 e. The molecule has 0 aliphatic carbocycles. The maximum absolute atomic E-state index is 12.8. The third-order valence-corrected chi connectivity index (χ3v) is 10.4. The Labute approximate surface area is 304 Å². The Morgan fingerprint density at radius 3 is 1.43 bits per heavy atom. The quantitative estimate of drug-likeness (QED) is 0.0808. The van der Waals surface area contributed by atoms with E-state index in [1.807, 2.05) is 30.3 Å². The number of unbranched alkanes of at least 4 members (excludes halogenated alkanes) is 2. The molecular formula is C43H50N2O5S. The third kappa shape index (κ3) is 8.75. The van der Waals surface area contributed by atoms with Crippen LogP contribution in [0.3, 0.4) is 0 Å². The number of rotatable bonds is 16. The van der Waals surface area contributed by atoms with Gasteiger partial charge in [0.1, 0.15) is 11.5 Å². The van der Waals surface area contributed by atoms with Crippen LogP contribution < -0.4 is 19.3 Å². The first-order valence-corrected chi connectivity index (χ1v) is 19.1. The van der Waals surface area contributed by atoms with Gasteiger partial charge in [0.05, 0.1) is 19.1 Å². The van der Waals surface area contributed by atoms with Gasteiger partial charge in [-0.25, -0.2) is 0 Å². The molecule has 0 unspecified atom stereocenters. The molecule has 0 radical (unpaired) electrons. The van der Waals surface area contributed by atoms with Crippen molar-refractivity contribution < 1.29 is 22.4 Å². The van der Waals surface area contributed by atoms with Gasteiger partial charge in [0.25, 0.3) is 10.1 Å². The summed E-state index contributed by atoms with van der Waals surface area (Å²) in [5.74, 6) is 1.15. The maximum Gasteiger partial charge on any atom is 0.294 e. The SMILES string of the molecule is CCCCN(c1ccc(OC)cc1)c1ccc(C(c2ccc(N(CCCC)c3ccc(OC)cc3)c(C)c2)c2ccccc2S(=O)(=O)O)cc1C. The van der Waals surface area contributed by atoms with Crippen LogP contribution in [0, 0.1) is 13.8 Å². The minimum atomic E-state index is -4.50. The Kier molecular flexibility index (Phi) is 12.4. The molecule has 0 aliphatic rings. The summed E-state index contributed by atoms with van der Waals surface area (Å²) in [6.07, 6.45) is 4.16. The highest BCUT2D eigenvalue weighted by Crippen LogP contribution is 2.41. The van der Waals surface area contributed by atoms with E-state index in [0.717, 1.165) is 95.3 Å². The number of nitrogens with zero attached hydrogens (tertiary/aromatic N) is 2. The first-order valence-electron chi connectivity index (χ1n) is 17.7. The minimum absolute atomic E-state index is 0.0935. The van der Waals surface area contributed by atoms with Gasteiger partial charge >= 0.3 is 0 Å². The number of hydrogen-bond donors (Lipinski definition) is 1. The minimum Gasteiger partial charge on any atom is -0.497 e. The lowest BCUT2D eigenvalue weighted by atomic mass is 9.83. The molecule has 0 atom stereocenters. The molecule has 268 valence electrons. The lowest BCUT2D eigenvalue weighted by Crippen LogP contribution is -2.20. The summed E-state index contributed by atoms with van der Waals surface area (Å²) in [6.45, 7) is 10.3. The van der Waals surface area contributed by atoms with Crippen molar-refractivity contribution in [2.75, 3.05) is 37.1 Å². The lowest BCUT2D eigenvalue weighted by Gasteiger charge is -2.29. The Morgan fingerprint density at radius 1 is 0.627 bits per heavy atom. The molecule has 8 heteroatoms. The summed E-state index contributed by atoms with van der Waals surface area (Å²) in [5.41, 5.74) is 8.82. The fourth-order valence-electron chi connectivity index (χ4n) is 6.76. The number of methoxy groups -OCH3 is 2. The molecule has 5 aromatic carbocycles. The van der Waals surface area contributed by atoms with Gasteiger partial charge in [-0.05, 0) is 121 Å². The second-order valence-corrected chi connectivity index (χ2v) is 14.3. The first kappa shape index (κ1) is 37.5. The van der Waals surface area contributed by atoms with Gasteiger partial charge in [-0.3, -0.25) is 4.55 Å². The van der Waals surface area contributed by atoms with Gasteiger partial charge in [-0.1, -0.05) is 69.2 Å². The second kappa shape index (κ2) is 16.9. The van der Waals surface area contributed by atoms with E-state index in [9.17, 15) is 13.0 Å². The Bertz CT molecular complexity index is 1900. The maximum atomic E-state index is 12.8. The summed E-state index contributed by atoms with van der Waals surface area (Å²) < 4.78 is 46.8. The number of benzene rings is 5. The predicted molar refractivity (Wildman–Crippen MR) is 209 cm³/mol. The fourth-order valence-corrected chi connectivity index (χ4v) is 7.50. The monoisotopic (exact) mass is 706 g/mol. The molecule has 0 spiro atoms. The number of hydrogen-bond acceptors (Lipinski definition) is 6. The van der Waals surface area contributed by atoms with Crippen molar-refractivity contribution in [1.29, 1.82) is 0 Å². The van der Waals surface area contributed by atoms with Crippen LogP contribution in [0.5, 0.6) is 11.5 Å². The molecule has 0 aliphatic heterocycles. The topological polar surface area (TPSA) is 79.3 Å². The number of anilines is 4. The highest BCUT2D eigenvalue weighted by Gasteiger charge is 2.27. The average Bonchev–Trinajstić information content (AvgIpc) is 3.13. The average molecular weight is 707 g/mol. The summed E-state index contributed by atoms with van der Waals surface area (Å²) >= 11 is 0. The van der Waals surface area contributed by atoms with Gasteiger partial charge in [0.15, 0.2) is 0 Å². The molecule has 5 aromatic rings. The molecule has 0 amide bonds. The fraction of sp³-hybridized carbons (Fsp3) is 0.302. The van der Waals surface area contributed by atoms with Crippen LogP contribution in [-0.4, -0.2) is 40.3 Å². The Balaban J connectivity index is 1.63. The summed E-state index contributed by atoms with van der Waals surface area (Å²) in [6, 6.07) is 35.7. The Morgan fingerprint density at radius 2 is 1.06 bits per heavy atom. The van der Waals surface area contributed by atoms with Crippen molar-refractivity contribution in [2.45, 2.75) is 64.2 Å². The van der Waals surface area contributed by atoms with Crippen LogP contribution in [0.1, 0.15) is 73.3 Å². The van der Waals surface area contributed by atoms with Gasteiger partial charge in [0, 0.05) is 41.8 Å². The van der Waals surface area contributed by atoms with E-state index in [1.54, 1.807) is 26.4 Å². The van der Waals surface area contributed by atoms with Crippen molar-refractivity contribution in [3.8, 4) is 11.5 Å². The molecule has 0 saturated carbocycles. The summed E-state index contributed by atoms with van der Waals surface area (Å²) in [7, 11) is -1.16. The standard InChI is InChI=1S/C43H50N2O5S/c1-7-9-27-44(35-17-21-37(49-5)22-18-35)40-25-15-33(29-31(40)3)43(39-13-11-12-14-42(39)51(46,47)48)34-16-26-41(32(4)30-34)45(28-10-8-2)36-19-23-38(50-6)24-20-36/h11-26,29-30,43H,7-10,27-28H2,1-6H3,(H,46,47,48). The summed E-state index contributed by atoms with van der Waals surface area (Å²) in [5, 5.41) is 0. The zero-order valence-electron chi connectivity index (χ0n) is 30.6. The highest BCUT2D eigenvalue weighted by molar-refractivity contribution is 7.85. The predicted octanol–water partition coefficient (Wildman–Crippen LogP) is 10.6. The lowest BCUT2D eigenvalue weighted by molar-refractivity contribution is 0.414. The molecule has 7 nitrogen and oxygen atoms in total. The molecule has 0 bridgehead atoms. The highest BCUT2D eigenvalue weighted by atomic mass is 32.2. The molecule has 0 saturated heterocycles. The number of ether oxygens (including phenoxy) is 2. The van der Waals surface area contributed by atoms with E-state index in [4.69, 9.17) is 9.47 Å². The van der Waals surface area contributed by atoms with Crippen LogP contribution >= 0.6 is 0 Å². The molecule has 0 fully saturated rings. The van der Waals surface area contributed by atoms with Crippen molar-refractivity contribution in [3.05, 3.63) is 137 Å². The van der Waals surface area contributed by atoms with Crippen LogP contribution in [0.25, 0.3) is 0 Å². The van der Waals surface area contributed by atoms with E-state index >= 15 is 0 Å². The van der Waals surface area contributed by atoms with E-state index in [0.29, 0.717) is 5.56 Å². The van der Waals surface area contributed by atoms with E-state index in [-0.39, 0.29) is 4.90 Å². The first-order chi connectivity index (χ1) is 24.6. The molecule has 5 rings (SSSR count). The van der Waals surface area contributed by atoms with Crippen LogP contribution in [0.2, 0.25) is 0 Å². The molecule has 0 aromatic heterocycles. The van der Waals surface area contributed by atoms with E-state index < -0.39 is 16.0 Å². The van der Waals surface area contributed by atoms with Gasteiger partial charge < -0.3 is 19.3 Å². The van der Waals surface area contributed by atoms with Gasteiger partial charge in [-0.2, -0.15) is 8.42 Å². The molecule has 51 heavy (non-hydrogen) atoms. The molecule has 1 N–H and O–H groups in total. The molecule has 0 heterocycles. The van der Waals surface area contributed by atoms with Gasteiger partial charge in [-0.15, -0.1) is 0 Å².